The number of benzene rings is 2. The zero-order valence-electron chi connectivity index (χ0n) is 12.7. The van der Waals surface area contributed by atoms with Gasteiger partial charge in [0.25, 0.3) is 0 Å². The van der Waals surface area contributed by atoms with E-state index in [0.717, 1.165) is 15.6 Å². The Kier molecular flexibility index (Phi) is 4.91. The zero-order valence-corrected chi connectivity index (χ0v) is 14.3. The van der Waals surface area contributed by atoms with E-state index in [0.29, 0.717) is 12.4 Å². The maximum atomic E-state index is 12.1. The number of cyclic esters (lactones) is 1. The number of para-hydroxylation sites is 1. The lowest BCUT2D eigenvalue weighted by Crippen LogP contribution is -2.05. The fourth-order valence-electron chi connectivity index (χ4n) is 2.19. The standard InChI is InChI=1S/C19H14BrNO3/c1-2-11-23-17-10-6-3-7-13(17)12-16-19(22)24-18(21-16)14-8-4-5-9-15(14)20/h2-10,12H,1,11H2. The Morgan fingerprint density at radius 1 is 1.17 bits per heavy atom. The molecule has 0 saturated carbocycles. The lowest BCUT2D eigenvalue weighted by Gasteiger charge is -2.06. The van der Waals surface area contributed by atoms with Gasteiger partial charge in [-0.2, -0.15) is 0 Å². The molecular weight excluding hydrogens is 370 g/mol. The molecule has 3 rings (SSSR count). The molecule has 0 N–H and O–H groups in total. The highest BCUT2D eigenvalue weighted by molar-refractivity contribution is 9.10. The highest BCUT2D eigenvalue weighted by Crippen LogP contribution is 2.26. The summed E-state index contributed by atoms with van der Waals surface area (Å²) in [5.74, 6) is 0.449. The van der Waals surface area contributed by atoms with E-state index in [1.807, 2.05) is 48.5 Å². The van der Waals surface area contributed by atoms with Crippen molar-refractivity contribution in [2.75, 3.05) is 6.61 Å². The second-order valence-electron chi connectivity index (χ2n) is 4.95. The average Bonchev–Trinajstić information content (AvgIpc) is 2.95. The van der Waals surface area contributed by atoms with E-state index in [9.17, 15) is 4.79 Å². The Labute approximate surface area is 148 Å². The lowest BCUT2D eigenvalue weighted by molar-refractivity contribution is -0.129. The molecule has 1 aliphatic rings. The summed E-state index contributed by atoms with van der Waals surface area (Å²) in [5.41, 5.74) is 1.71. The number of halogens is 1. The molecule has 0 spiro atoms. The third-order valence-corrected chi connectivity index (χ3v) is 3.98. The Hall–Kier alpha value is -2.66. The quantitative estimate of drug-likeness (QED) is 0.437. The number of aliphatic imine (C=N–C) groups is 1. The predicted molar refractivity (Wildman–Crippen MR) is 96.9 cm³/mol. The van der Waals surface area contributed by atoms with E-state index < -0.39 is 5.97 Å². The zero-order chi connectivity index (χ0) is 16.9. The molecule has 4 nitrogen and oxygen atoms in total. The number of esters is 1. The first-order chi connectivity index (χ1) is 11.7. The molecule has 0 unspecified atom stereocenters. The van der Waals surface area contributed by atoms with E-state index in [1.165, 1.54) is 0 Å². The fourth-order valence-corrected chi connectivity index (χ4v) is 2.64. The van der Waals surface area contributed by atoms with Gasteiger partial charge in [-0.15, -0.1) is 0 Å². The summed E-state index contributed by atoms with van der Waals surface area (Å²) >= 11 is 3.43. The van der Waals surface area contributed by atoms with Crippen LogP contribution in [-0.4, -0.2) is 18.5 Å². The molecule has 1 aliphatic heterocycles. The van der Waals surface area contributed by atoms with Crippen LogP contribution in [0.25, 0.3) is 6.08 Å². The molecular formula is C19H14BrNO3. The molecule has 0 atom stereocenters. The number of carbonyl (C=O) groups is 1. The minimum absolute atomic E-state index is 0.232. The molecule has 2 aromatic rings. The van der Waals surface area contributed by atoms with E-state index in [4.69, 9.17) is 9.47 Å². The van der Waals surface area contributed by atoms with E-state index in [-0.39, 0.29) is 11.6 Å². The summed E-state index contributed by atoms with van der Waals surface area (Å²) in [6.07, 6.45) is 3.32. The predicted octanol–water partition coefficient (Wildman–Crippen LogP) is 4.36. The number of hydrogen-bond acceptors (Lipinski definition) is 4. The topological polar surface area (TPSA) is 47.9 Å². The lowest BCUT2D eigenvalue weighted by atomic mass is 10.1. The molecule has 1 heterocycles. The van der Waals surface area contributed by atoms with Crippen molar-refractivity contribution in [3.63, 3.8) is 0 Å². The van der Waals surface area contributed by atoms with Gasteiger partial charge in [-0.05, 0) is 40.2 Å². The van der Waals surface area contributed by atoms with Gasteiger partial charge in [0.1, 0.15) is 12.4 Å². The SMILES string of the molecule is C=CCOc1ccccc1C=C1N=C(c2ccccc2Br)OC1=O. The first-order valence-corrected chi connectivity index (χ1v) is 8.08. The normalized spacial score (nSPS) is 15.1. The van der Waals surface area contributed by atoms with Crippen molar-refractivity contribution in [1.82, 2.24) is 0 Å². The number of ether oxygens (including phenoxy) is 2. The molecule has 2 aromatic carbocycles. The van der Waals surface area contributed by atoms with Gasteiger partial charge in [0.05, 0.1) is 5.56 Å². The Bertz CT molecular complexity index is 855. The molecule has 24 heavy (non-hydrogen) atoms. The molecule has 120 valence electrons. The number of nitrogens with zero attached hydrogens (tertiary/aromatic N) is 1. The van der Waals surface area contributed by atoms with E-state index in [1.54, 1.807) is 12.2 Å². The molecule has 0 amide bonds. The Balaban J connectivity index is 1.95. The van der Waals surface area contributed by atoms with Gasteiger partial charge in [-0.25, -0.2) is 9.79 Å². The molecule has 0 saturated heterocycles. The number of hydrogen-bond donors (Lipinski definition) is 0. The smallest absolute Gasteiger partial charge is 0.363 e. The second kappa shape index (κ2) is 7.27. The maximum Gasteiger partial charge on any atom is 0.363 e. The van der Waals surface area contributed by atoms with Crippen molar-refractivity contribution in [2.24, 2.45) is 4.99 Å². The van der Waals surface area contributed by atoms with Crippen LogP contribution in [0, 0.1) is 0 Å². The largest absolute Gasteiger partial charge is 0.489 e. The van der Waals surface area contributed by atoms with Crippen molar-refractivity contribution in [1.29, 1.82) is 0 Å². The average molecular weight is 384 g/mol. The van der Waals surface area contributed by atoms with Gasteiger partial charge in [0.2, 0.25) is 5.90 Å². The van der Waals surface area contributed by atoms with Crippen molar-refractivity contribution in [3.8, 4) is 5.75 Å². The minimum atomic E-state index is -0.487. The fraction of sp³-hybridized carbons (Fsp3) is 0.0526. The van der Waals surface area contributed by atoms with Crippen LogP contribution in [0.15, 0.2) is 76.3 Å². The minimum Gasteiger partial charge on any atom is -0.489 e. The van der Waals surface area contributed by atoms with Crippen LogP contribution in [0.4, 0.5) is 0 Å². The van der Waals surface area contributed by atoms with Crippen molar-refractivity contribution < 1.29 is 14.3 Å². The van der Waals surface area contributed by atoms with Gasteiger partial charge in [-0.1, -0.05) is 43.0 Å². The summed E-state index contributed by atoms with van der Waals surface area (Å²) < 4.78 is 11.7. The van der Waals surface area contributed by atoms with Crippen LogP contribution in [0.2, 0.25) is 0 Å². The molecule has 0 aromatic heterocycles. The van der Waals surface area contributed by atoms with Crippen LogP contribution in [-0.2, 0) is 9.53 Å². The summed E-state index contributed by atoms with van der Waals surface area (Å²) in [4.78, 5) is 16.4. The summed E-state index contributed by atoms with van der Waals surface area (Å²) in [5, 5.41) is 0. The van der Waals surface area contributed by atoms with Crippen molar-refractivity contribution >= 4 is 33.9 Å². The molecule has 0 bridgehead atoms. The van der Waals surface area contributed by atoms with E-state index in [2.05, 4.69) is 27.5 Å². The highest BCUT2D eigenvalue weighted by Gasteiger charge is 2.25. The molecule has 0 fully saturated rings. The monoisotopic (exact) mass is 383 g/mol. The molecule has 0 aliphatic carbocycles. The first kappa shape index (κ1) is 16.2. The first-order valence-electron chi connectivity index (χ1n) is 7.29. The van der Waals surface area contributed by atoms with Crippen LogP contribution in [0.5, 0.6) is 5.75 Å². The van der Waals surface area contributed by atoms with Crippen molar-refractivity contribution in [2.45, 2.75) is 0 Å². The summed E-state index contributed by atoms with van der Waals surface area (Å²) in [7, 11) is 0. The summed E-state index contributed by atoms with van der Waals surface area (Å²) in [6.45, 7) is 4.02. The van der Waals surface area contributed by atoms with Crippen LogP contribution >= 0.6 is 15.9 Å². The third-order valence-electron chi connectivity index (χ3n) is 3.29. The third kappa shape index (κ3) is 3.46. The van der Waals surface area contributed by atoms with Crippen molar-refractivity contribution in [3.05, 3.63) is 82.5 Å². The maximum absolute atomic E-state index is 12.1. The molecule has 0 radical (unpaired) electrons. The van der Waals surface area contributed by atoms with Gasteiger partial charge >= 0.3 is 5.97 Å². The second-order valence-corrected chi connectivity index (χ2v) is 5.81. The number of rotatable bonds is 5. The highest BCUT2D eigenvalue weighted by atomic mass is 79.9. The van der Waals surface area contributed by atoms with Gasteiger partial charge in [-0.3, -0.25) is 0 Å². The Morgan fingerprint density at radius 3 is 2.71 bits per heavy atom. The van der Waals surface area contributed by atoms with E-state index >= 15 is 0 Å². The Morgan fingerprint density at radius 2 is 1.92 bits per heavy atom. The summed E-state index contributed by atoms with van der Waals surface area (Å²) in [6, 6.07) is 14.9. The van der Waals surface area contributed by atoms with Gasteiger partial charge in [0, 0.05) is 10.0 Å². The van der Waals surface area contributed by atoms with Crippen LogP contribution < -0.4 is 4.74 Å². The molecule has 5 heteroatoms. The van der Waals surface area contributed by atoms with Crippen LogP contribution in [0.3, 0.4) is 0 Å². The van der Waals surface area contributed by atoms with Gasteiger partial charge in [0.15, 0.2) is 5.70 Å². The van der Waals surface area contributed by atoms with Crippen LogP contribution in [0.1, 0.15) is 11.1 Å². The van der Waals surface area contributed by atoms with Gasteiger partial charge < -0.3 is 9.47 Å². The number of carbonyl (C=O) groups excluding carboxylic acids is 1.